The first-order valence-corrected chi connectivity index (χ1v) is 6.81. The fourth-order valence-corrected chi connectivity index (χ4v) is 2.15. The number of carbonyl (C=O) groups excluding carboxylic acids is 1. The van der Waals surface area contributed by atoms with Gasteiger partial charge in [-0.1, -0.05) is 6.07 Å². The predicted molar refractivity (Wildman–Crippen MR) is 79.4 cm³/mol. The molecule has 1 aromatic carbocycles. The van der Waals surface area contributed by atoms with Gasteiger partial charge >= 0.3 is 12.0 Å². The lowest BCUT2D eigenvalue weighted by atomic mass is 10.1. The van der Waals surface area contributed by atoms with Gasteiger partial charge in [-0.05, 0) is 31.7 Å². The predicted octanol–water partition coefficient (Wildman–Crippen LogP) is 0.977. The molecule has 114 valence electrons. The Bertz CT molecular complexity index is 539. The highest BCUT2D eigenvalue weighted by atomic mass is 16.4. The number of nitrogens with one attached hydrogen (secondary N) is 2. The molecular formula is C14H20N4O3. The fraction of sp³-hybridized carbons (Fsp3) is 0.429. The standard InChI is InChI=1S/C14H20N4O3/c1-10-3-4-11(9-12(10)13(19)20)15-14(21)16-18-7-5-17(2)6-8-18/h3-4,9H,5-8H2,1-2H3,(H,19,20)(H2,15,16,21). The van der Waals surface area contributed by atoms with E-state index in [9.17, 15) is 9.59 Å². The Hall–Kier alpha value is -2.12. The first kappa shape index (κ1) is 15.3. The van der Waals surface area contributed by atoms with E-state index in [0.29, 0.717) is 11.3 Å². The number of benzene rings is 1. The molecule has 1 heterocycles. The van der Waals surface area contributed by atoms with E-state index < -0.39 is 5.97 Å². The fourth-order valence-electron chi connectivity index (χ4n) is 2.15. The second kappa shape index (κ2) is 6.55. The number of nitrogens with zero attached hydrogens (tertiary/aromatic N) is 2. The summed E-state index contributed by atoms with van der Waals surface area (Å²) in [6, 6.07) is 4.46. The minimum Gasteiger partial charge on any atom is -0.478 e. The number of piperazine rings is 1. The lowest BCUT2D eigenvalue weighted by Crippen LogP contribution is -2.53. The van der Waals surface area contributed by atoms with Crippen molar-refractivity contribution in [3.63, 3.8) is 0 Å². The molecule has 1 aliphatic heterocycles. The van der Waals surface area contributed by atoms with Crippen LogP contribution < -0.4 is 10.7 Å². The largest absolute Gasteiger partial charge is 0.478 e. The second-order valence-corrected chi connectivity index (χ2v) is 5.19. The monoisotopic (exact) mass is 292 g/mol. The first-order chi connectivity index (χ1) is 9.95. The SMILES string of the molecule is Cc1ccc(NC(=O)NN2CCN(C)CC2)cc1C(=O)O. The lowest BCUT2D eigenvalue weighted by molar-refractivity contribution is 0.0696. The zero-order chi connectivity index (χ0) is 15.4. The average molecular weight is 292 g/mol. The van der Waals surface area contributed by atoms with Crippen LogP contribution in [-0.2, 0) is 0 Å². The molecule has 2 rings (SSSR count). The molecule has 1 aliphatic rings. The summed E-state index contributed by atoms with van der Waals surface area (Å²) in [4.78, 5) is 25.2. The number of likely N-dealkylation sites (N-methyl/N-ethyl adjacent to an activating group) is 1. The summed E-state index contributed by atoms with van der Waals surface area (Å²) in [5.41, 5.74) is 4.07. The summed E-state index contributed by atoms with van der Waals surface area (Å²) in [6.45, 7) is 5.04. The molecule has 0 atom stereocenters. The molecule has 0 aromatic heterocycles. The quantitative estimate of drug-likeness (QED) is 0.773. The van der Waals surface area contributed by atoms with Gasteiger partial charge in [-0.15, -0.1) is 0 Å². The van der Waals surface area contributed by atoms with Crippen LogP contribution in [0.1, 0.15) is 15.9 Å². The van der Waals surface area contributed by atoms with Gasteiger partial charge in [0.15, 0.2) is 0 Å². The van der Waals surface area contributed by atoms with E-state index in [1.54, 1.807) is 19.1 Å². The second-order valence-electron chi connectivity index (χ2n) is 5.19. The molecular weight excluding hydrogens is 272 g/mol. The third kappa shape index (κ3) is 4.17. The molecule has 21 heavy (non-hydrogen) atoms. The van der Waals surface area contributed by atoms with Gasteiger partial charge in [0.1, 0.15) is 0 Å². The van der Waals surface area contributed by atoms with Gasteiger partial charge in [-0.2, -0.15) is 0 Å². The number of carboxylic acid groups (broad SMARTS) is 1. The van der Waals surface area contributed by atoms with Crippen molar-refractivity contribution in [3.05, 3.63) is 29.3 Å². The zero-order valence-corrected chi connectivity index (χ0v) is 12.2. The topological polar surface area (TPSA) is 84.9 Å². The molecule has 0 bridgehead atoms. The van der Waals surface area contributed by atoms with Gasteiger partial charge in [-0.3, -0.25) is 5.43 Å². The van der Waals surface area contributed by atoms with Crippen LogP contribution in [0.2, 0.25) is 0 Å². The van der Waals surface area contributed by atoms with Crippen molar-refractivity contribution >= 4 is 17.7 Å². The molecule has 7 nitrogen and oxygen atoms in total. The number of urea groups is 1. The van der Waals surface area contributed by atoms with Crippen molar-refractivity contribution in [2.75, 3.05) is 38.5 Å². The van der Waals surface area contributed by atoms with Crippen molar-refractivity contribution in [2.45, 2.75) is 6.92 Å². The highest BCUT2D eigenvalue weighted by molar-refractivity contribution is 5.94. The Balaban J connectivity index is 1.93. The third-order valence-corrected chi connectivity index (χ3v) is 3.49. The number of rotatable bonds is 3. The molecule has 0 unspecified atom stereocenters. The number of hydrogen-bond acceptors (Lipinski definition) is 4. The number of aromatic carboxylic acids is 1. The van der Waals surface area contributed by atoms with Crippen LogP contribution in [0.15, 0.2) is 18.2 Å². The average Bonchev–Trinajstić information content (AvgIpc) is 2.43. The van der Waals surface area contributed by atoms with E-state index in [4.69, 9.17) is 5.11 Å². The van der Waals surface area contributed by atoms with Crippen LogP contribution in [0.3, 0.4) is 0 Å². The number of carboxylic acids is 1. The Morgan fingerprint density at radius 1 is 1.19 bits per heavy atom. The van der Waals surface area contributed by atoms with Crippen LogP contribution >= 0.6 is 0 Å². The van der Waals surface area contributed by atoms with E-state index in [2.05, 4.69) is 15.6 Å². The Kier molecular flexibility index (Phi) is 4.77. The van der Waals surface area contributed by atoms with Gasteiger partial charge in [0, 0.05) is 31.9 Å². The van der Waals surface area contributed by atoms with E-state index in [0.717, 1.165) is 26.2 Å². The number of anilines is 1. The maximum Gasteiger partial charge on any atom is 0.336 e. The minimum absolute atomic E-state index is 0.187. The van der Waals surface area contributed by atoms with Crippen LogP contribution in [0.25, 0.3) is 0 Å². The smallest absolute Gasteiger partial charge is 0.336 e. The highest BCUT2D eigenvalue weighted by Crippen LogP contribution is 2.15. The van der Waals surface area contributed by atoms with E-state index in [-0.39, 0.29) is 11.6 Å². The molecule has 0 saturated carbocycles. The first-order valence-electron chi connectivity index (χ1n) is 6.81. The third-order valence-electron chi connectivity index (χ3n) is 3.49. The van der Waals surface area contributed by atoms with Gasteiger partial charge in [-0.25, -0.2) is 14.6 Å². The number of carbonyl (C=O) groups is 2. The van der Waals surface area contributed by atoms with Crippen LogP contribution in [0, 0.1) is 6.92 Å². The van der Waals surface area contributed by atoms with Gasteiger partial charge in [0.2, 0.25) is 0 Å². The normalized spacial score (nSPS) is 16.5. The molecule has 0 spiro atoms. The number of hydrogen-bond donors (Lipinski definition) is 3. The zero-order valence-electron chi connectivity index (χ0n) is 12.2. The number of hydrazine groups is 1. The Morgan fingerprint density at radius 2 is 1.86 bits per heavy atom. The summed E-state index contributed by atoms with van der Waals surface area (Å²) in [6.07, 6.45) is 0. The maximum absolute atomic E-state index is 11.9. The van der Waals surface area contributed by atoms with Gasteiger partial charge < -0.3 is 15.3 Å². The molecule has 0 aliphatic carbocycles. The van der Waals surface area contributed by atoms with Crippen molar-refractivity contribution in [3.8, 4) is 0 Å². The Labute approximate surface area is 123 Å². The van der Waals surface area contributed by atoms with Crippen LogP contribution in [0.5, 0.6) is 0 Å². The summed E-state index contributed by atoms with van der Waals surface area (Å²) in [5, 5.41) is 13.6. The Morgan fingerprint density at radius 3 is 2.48 bits per heavy atom. The molecule has 7 heteroatoms. The summed E-state index contributed by atoms with van der Waals surface area (Å²) in [5.74, 6) is -1.00. The van der Waals surface area contributed by atoms with Crippen molar-refractivity contribution in [1.82, 2.24) is 15.3 Å². The molecule has 1 saturated heterocycles. The van der Waals surface area contributed by atoms with Crippen molar-refractivity contribution in [2.24, 2.45) is 0 Å². The molecule has 3 N–H and O–H groups in total. The minimum atomic E-state index is -1.00. The highest BCUT2D eigenvalue weighted by Gasteiger charge is 2.16. The summed E-state index contributed by atoms with van der Waals surface area (Å²) in [7, 11) is 2.04. The number of amides is 2. The van der Waals surface area contributed by atoms with E-state index >= 15 is 0 Å². The van der Waals surface area contributed by atoms with Crippen molar-refractivity contribution < 1.29 is 14.7 Å². The molecule has 2 amide bonds. The molecule has 1 fully saturated rings. The van der Waals surface area contributed by atoms with Gasteiger partial charge in [0.25, 0.3) is 0 Å². The summed E-state index contributed by atoms with van der Waals surface area (Å²) < 4.78 is 0. The molecule has 0 radical (unpaired) electrons. The lowest BCUT2D eigenvalue weighted by Gasteiger charge is -2.32. The van der Waals surface area contributed by atoms with E-state index in [1.165, 1.54) is 6.07 Å². The van der Waals surface area contributed by atoms with Crippen LogP contribution in [-0.4, -0.2) is 60.2 Å². The van der Waals surface area contributed by atoms with Gasteiger partial charge in [0.05, 0.1) is 5.56 Å². The summed E-state index contributed by atoms with van der Waals surface area (Å²) >= 11 is 0. The number of aryl methyl sites for hydroxylation is 1. The molecule has 1 aromatic rings. The van der Waals surface area contributed by atoms with Crippen molar-refractivity contribution in [1.29, 1.82) is 0 Å². The van der Waals surface area contributed by atoms with E-state index in [1.807, 2.05) is 12.1 Å². The maximum atomic E-state index is 11.9. The van der Waals surface area contributed by atoms with Crippen LogP contribution in [0.4, 0.5) is 10.5 Å².